The number of rotatable bonds is 4. The van der Waals surface area contributed by atoms with Crippen LogP contribution in [0, 0.1) is 11.7 Å². The van der Waals surface area contributed by atoms with Gasteiger partial charge in [0.05, 0.1) is 5.92 Å². The van der Waals surface area contributed by atoms with Gasteiger partial charge in [-0.05, 0) is 35.9 Å². The standard InChI is InChI=1S/C18H15Cl2FN2O2/c19-13-6-14(20)8-16(7-13)22-18(25)12-5-17(24)23(10-12)9-11-1-3-15(21)4-2-11/h1-4,6-8,12H,5,9-10H2,(H,22,25). The third kappa shape index (κ3) is 4.50. The molecule has 4 nitrogen and oxygen atoms in total. The summed E-state index contributed by atoms with van der Waals surface area (Å²) in [7, 11) is 0. The SMILES string of the molecule is O=C(Nc1cc(Cl)cc(Cl)c1)C1CC(=O)N(Cc2ccc(F)cc2)C1. The van der Waals surface area contributed by atoms with E-state index in [2.05, 4.69) is 5.32 Å². The highest BCUT2D eigenvalue weighted by molar-refractivity contribution is 6.35. The summed E-state index contributed by atoms with van der Waals surface area (Å²) >= 11 is 11.8. The van der Waals surface area contributed by atoms with E-state index in [-0.39, 0.29) is 24.1 Å². The van der Waals surface area contributed by atoms with Crippen molar-refractivity contribution in [2.45, 2.75) is 13.0 Å². The molecule has 0 aliphatic carbocycles. The fourth-order valence-electron chi connectivity index (χ4n) is 2.78. The van der Waals surface area contributed by atoms with Gasteiger partial charge in [-0.2, -0.15) is 0 Å². The van der Waals surface area contributed by atoms with Gasteiger partial charge >= 0.3 is 0 Å². The summed E-state index contributed by atoms with van der Waals surface area (Å²) in [4.78, 5) is 26.2. The van der Waals surface area contributed by atoms with E-state index in [1.807, 2.05) is 0 Å². The van der Waals surface area contributed by atoms with Crippen LogP contribution in [-0.4, -0.2) is 23.3 Å². The molecule has 0 saturated carbocycles. The summed E-state index contributed by atoms with van der Waals surface area (Å²) in [6.45, 7) is 0.669. The highest BCUT2D eigenvalue weighted by Crippen LogP contribution is 2.25. The van der Waals surface area contributed by atoms with Gasteiger partial charge in [0, 0.05) is 35.2 Å². The van der Waals surface area contributed by atoms with Gasteiger partial charge in [0.2, 0.25) is 11.8 Å². The maximum atomic E-state index is 13.0. The van der Waals surface area contributed by atoms with E-state index >= 15 is 0 Å². The Morgan fingerprint density at radius 1 is 1.16 bits per heavy atom. The van der Waals surface area contributed by atoms with E-state index in [1.165, 1.54) is 12.1 Å². The Balaban J connectivity index is 1.63. The van der Waals surface area contributed by atoms with Gasteiger partial charge in [0.25, 0.3) is 0 Å². The lowest BCUT2D eigenvalue weighted by Crippen LogP contribution is -2.28. The van der Waals surface area contributed by atoms with Crippen LogP contribution in [-0.2, 0) is 16.1 Å². The van der Waals surface area contributed by atoms with E-state index in [1.54, 1.807) is 35.2 Å². The van der Waals surface area contributed by atoms with Gasteiger partial charge in [-0.15, -0.1) is 0 Å². The number of anilines is 1. The zero-order valence-corrected chi connectivity index (χ0v) is 14.6. The Morgan fingerprint density at radius 3 is 2.44 bits per heavy atom. The molecule has 25 heavy (non-hydrogen) atoms. The van der Waals surface area contributed by atoms with E-state index < -0.39 is 5.92 Å². The first kappa shape index (κ1) is 17.7. The molecule has 3 rings (SSSR count). The Bertz CT molecular complexity index is 791. The monoisotopic (exact) mass is 380 g/mol. The van der Waals surface area contributed by atoms with E-state index in [9.17, 15) is 14.0 Å². The van der Waals surface area contributed by atoms with Crippen LogP contribution in [0.2, 0.25) is 10.0 Å². The number of hydrogen-bond donors (Lipinski definition) is 1. The summed E-state index contributed by atoms with van der Waals surface area (Å²) in [6, 6.07) is 10.7. The molecule has 2 amide bonds. The molecule has 0 aromatic heterocycles. The highest BCUT2D eigenvalue weighted by Gasteiger charge is 2.34. The van der Waals surface area contributed by atoms with Crippen LogP contribution in [0.15, 0.2) is 42.5 Å². The second-order valence-electron chi connectivity index (χ2n) is 5.95. The summed E-state index contributed by atoms with van der Waals surface area (Å²) in [5.74, 6) is -1.14. The van der Waals surface area contributed by atoms with Crippen molar-refractivity contribution in [2.75, 3.05) is 11.9 Å². The van der Waals surface area contributed by atoms with Crippen LogP contribution < -0.4 is 5.32 Å². The molecule has 0 radical (unpaired) electrons. The molecule has 7 heteroatoms. The molecule has 1 saturated heterocycles. The molecule has 0 bridgehead atoms. The van der Waals surface area contributed by atoms with Crippen molar-refractivity contribution in [1.82, 2.24) is 4.90 Å². The number of amides is 2. The first-order chi connectivity index (χ1) is 11.9. The summed E-state index contributed by atoms with van der Waals surface area (Å²) in [5, 5.41) is 3.58. The van der Waals surface area contributed by atoms with E-state index in [0.29, 0.717) is 28.8 Å². The van der Waals surface area contributed by atoms with Crippen molar-refractivity contribution >= 4 is 40.7 Å². The smallest absolute Gasteiger partial charge is 0.229 e. The van der Waals surface area contributed by atoms with Crippen LogP contribution >= 0.6 is 23.2 Å². The minimum Gasteiger partial charge on any atom is -0.338 e. The second-order valence-corrected chi connectivity index (χ2v) is 6.82. The number of likely N-dealkylation sites (tertiary alicyclic amines) is 1. The zero-order valence-electron chi connectivity index (χ0n) is 13.1. The molecule has 0 spiro atoms. The Hall–Kier alpha value is -2.11. The number of hydrogen-bond acceptors (Lipinski definition) is 2. The Kier molecular flexibility index (Phi) is 5.25. The van der Waals surface area contributed by atoms with Gasteiger partial charge < -0.3 is 10.2 Å². The van der Waals surface area contributed by atoms with Crippen LogP contribution in [0.3, 0.4) is 0 Å². The van der Waals surface area contributed by atoms with Crippen LogP contribution in [0.25, 0.3) is 0 Å². The van der Waals surface area contributed by atoms with Crippen molar-refractivity contribution in [3.8, 4) is 0 Å². The molecule has 1 unspecified atom stereocenters. The molecule has 1 aliphatic rings. The number of nitrogens with one attached hydrogen (secondary N) is 1. The van der Waals surface area contributed by atoms with E-state index in [4.69, 9.17) is 23.2 Å². The Labute approximate surface area is 154 Å². The third-order valence-electron chi connectivity index (χ3n) is 4.00. The van der Waals surface area contributed by atoms with Gasteiger partial charge in [-0.25, -0.2) is 4.39 Å². The summed E-state index contributed by atoms with van der Waals surface area (Å²) in [6.07, 6.45) is 0.140. The fraction of sp³-hybridized carbons (Fsp3) is 0.222. The molecule has 1 aliphatic heterocycles. The number of benzene rings is 2. The summed E-state index contributed by atoms with van der Waals surface area (Å²) < 4.78 is 13.0. The maximum absolute atomic E-state index is 13.0. The van der Waals surface area contributed by atoms with Gasteiger partial charge in [0.15, 0.2) is 0 Å². The van der Waals surface area contributed by atoms with Crippen molar-refractivity contribution in [3.05, 3.63) is 63.9 Å². The first-order valence-corrected chi connectivity index (χ1v) is 8.45. The number of nitrogens with zero attached hydrogens (tertiary/aromatic N) is 1. The second kappa shape index (κ2) is 7.42. The third-order valence-corrected chi connectivity index (χ3v) is 4.44. The summed E-state index contributed by atoms with van der Waals surface area (Å²) in [5.41, 5.74) is 1.31. The molecule has 2 aromatic rings. The number of halogens is 3. The molecule has 130 valence electrons. The predicted molar refractivity (Wildman–Crippen MR) is 95.0 cm³/mol. The molecule has 1 atom stereocenters. The molecule has 1 heterocycles. The average Bonchev–Trinajstić information content (AvgIpc) is 2.90. The lowest BCUT2D eigenvalue weighted by Gasteiger charge is -2.17. The van der Waals surface area contributed by atoms with Crippen molar-refractivity contribution in [2.24, 2.45) is 5.92 Å². The molecule has 1 N–H and O–H groups in total. The maximum Gasteiger partial charge on any atom is 0.229 e. The lowest BCUT2D eigenvalue weighted by molar-refractivity contribution is -0.128. The minimum atomic E-state index is -0.453. The van der Waals surface area contributed by atoms with Crippen LogP contribution in [0.1, 0.15) is 12.0 Å². The predicted octanol–water partition coefficient (Wildman–Crippen LogP) is 4.12. The van der Waals surface area contributed by atoms with Gasteiger partial charge in [0.1, 0.15) is 5.82 Å². The largest absolute Gasteiger partial charge is 0.338 e. The quantitative estimate of drug-likeness (QED) is 0.866. The Morgan fingerprint density at radius 2 is 1.80 bits per heavy atom. The van der Waals surface area contributed by atoms with Crippen molar-refractivity contribution < 1.29 is 14.0 Å². The highest BCUT2D eigenvalue weighted by atomic mass is 35.5. The van der Waals surface area contributed by atoms with Crippen molar-refractivity contribution in [1.29, 1.82) is 0 Å². The van der Waals surface area contributed by atoms with E-state index in [0.717, 1.165) is 5.56 Å². The average molecular weight is 381 g/mol. The fourth-order valence-corrected chi connectivity index (χ4v) is 3.31. The topological polar surface area (TPSA) is 49.4 Å². The van der Waals surface area contributed by atoms with Crippen LogP contribution in [0.5, 0.6) is 0 Å². The molecular weight excluding hydrogens is 366 g/mol. The van der Waals surface area contributed by atoms with Gasteiger partial charge in [-0.3, -0.25) is 9.59 Å². The van der Waals surface area contributed by atoms with Crippen LogP contribution in [0.4, 0.5) is 10.1 Å². The minimum absolute atomic E-state index is 0.103. The van der Waals surface area contributed by atoms with Crippen molar-refractivity contribution in [3.63, 3.8) is 0 Å². The normalized spacial score (nSPS) is 17.0. The number of carbonyl (C=O) groups is 2. The first-order valence-electron chi connectivity index (χ1n) is 7.70. The lowest BCUT2D eigenvalue weighted by atomic mass is 10.1. The molecule has 1 fully saturated rings. The van der Waals surface area contributed by atoms with Gasteiger partial charge in [-0.1, -0.05) is 35.3 Å². The molecule has 2 aromatic carbocycles. The number of carbonyl (C=O) groups excluding carboxylic acids is 2. The zero-order chi connectivity index (χ0) is 18.0. The molecular formula is C18H15Cl2FN2O2.